The lowest BCUT2D eigenvalue weighted by atomic mass is 10.0. The molecule has 0 amide bonds. The van der Waals surface area contributed by atoms with E-state index in [9.17, 15) is 4.79 Å². The Morgan fingerprint density at radius 3 is 2.00 bits per heavy atom. The third kappa shape index (κ3) is 7.67. The van der Waals surface area contributed by atoms with Crippen LogP contribution in [0.2, 0.25) is 0 Å². The quantitative estimate of drug-likeness (QED) is 0.270. The van der Waals surface area contributed by atoms with Crippen LogP contribution in [0.15, 0.2) is 0 Å². The zero-order valence-electron chi connectivity index (χ0n) is 14.9. The first kappa shape index (κ1) is 18.7. The molecule has 0 saturated carbocycles. The van der Waals surface area contributed by atoms with E-state index >= 15 is 0 Å². The Morgan fingerprint density at radius 2 is 1.39 bits per heavy atom. The van der Waals surface area contributed by atoms with Crippen molar-refractivity contribution in [3.63, 3.8) is 0 Å². The van der Waals surface area contributed by atoms with E-state index in [2.05, 4.69) is 11.7 Å². The Bertz CT molecular complexity index is 344. The van der Waals surface area contributed by atoms with Gasteiger partial charge < -0.3 is 14.2 Å². The van der Waals surface area contributed by atoms with Crippen LogP contribution in [0.5, 0.6) is 0 Å². The molecule has 1 unspecified atom stereocenters. The fraction of sp³-hybridized carbons (Fsp3) is 0.947. The van der Waals surface area contributed by atoms with Gasteiger partial charge in [0.15, 0.2) is 0 Å². The second kappa shape index (κ2) is 10.3. The minimum Gasteiger partial charge on any atom is -0.469 e. The Kier molecular flexibility index (Phi) is 8.38. The largest absolute Gasteiger partial charge is 0.469 e. The summed E-state index contributed by atoms with van der Waals surface area (Å²) in [4.78, 5) is 11.0. The van der Waals surface area contributed by atoms with Gasteiger partial charge in [0.2, 0.25) is 0 Å². The molecule has 0 radical (unpaired) electrons. The van der Waals surface area contributed by atoms with Gasteiger partial charge in [-0.15, -0.1) is 0 Å². The summed E-state index contributed by atoms with van der Waals surface area (Å²) >= 11 is 0. The molecular weight excluding hydrogens is 292 g/mol. The van der Waals surface area contributed by atoms with Crippen LogP contribution in [0.3, 0.4) is 0 Å². The van der Waals surface area contributed by atoms with Crippen LogP contribution in [-0.2, 0) is 19.0 Å². The van der Waals surface area contributed by atoms with Crippen molar-refractivity contribution >= 4 is 5.97 Å². The van der Waals surface area contributed by atoms with Crippen LogP contribution >= 0.6 is 0 Å². The zero-order valence-corrected chi connectivity index (χ0v) is 14.9. The molecule has 0 spiro atoms. The second-order valence-electron chi connectivity index (χ2n) is 7.04. The molecule has 0 aromatic heterocycles. The highest BCUT2D eigenvalue weighted by molar-refractivity contribution is 5.68. The molecule has 2 fully saturated rings. The van der Waals surface area contributed by atoms with Crippen LogP contribution < -0.4 is 0 Å². The van der Waals surface area contributed by atoms with Gasteiger partial charge in [-0.1, -0.05) is 51.9 Å². The molecule has 23 heavy (non-hydrogen) atoms. The first-order valence-corrected chi connectivity index (χ1v) is 9.62. The van der Waals surface area contributed by atoms with Gasteiger partial charge in [-0.2, -0.15) is 0 Å². The molecule has 0 bridgehead atoms. The van der Waals surface area contributed by atoms with Crippen LogP contribution in [0.1, 0.15) is 84.0 Å². The van der Waals surface area contributed by atoms with E-state index in [1.54, 1.807) is 0 Å². The molecule has 0 aromatic rings. The number of epoxide rings is 2. The van der Waals surface area contributed by atoms with E-state index in [-0.39, 0.29) is 5.97 Å². The molecule has 134 valence electrons. The normalized spacial score (nSPS) is 28.6. The lowest BCUT2D eigenvalue weighted by molar-refractivity contribution is -0.140. The topological polar surface area (TPSA) is 51.4 Å². The number of hydrogen-bond donors (Lipinski definition) is 0. The summed E-state index contributed by atoms with van der Waals surface area (Å²) < 4.78 is 16.2. The molecule has 2 saturated heterocycles. The summed E-state index contributed by atoms with van der Waals surface area (Å²) in [7, 11) is 1.45. The first-order valence-electron chi connectivity index (χ1n) is 9.62. The second-order valence-corrected chi connectivity index (χ2v) is 7.04. The molecule has 0 N–H and O–H groups in total. The summed E-state index contributed by atoms with van der Waals surface area (Å²) in [5.74, 6) is -0.0884. The van der Waals surface area contributed by atoms with Crippen LogP contribution in [0.4, 0.5) is 0 Å². The summed E-state index contributed by atoms with van der Waals surface area (Å²) in [6, 6.07) is 0. The van der Waals surface area contributed by atoms with Crippen molar-refractivity contribution in [2.45, 2.75) is 108 Å². The maximum absolute atomic E-state index is 11.0. The van der Waals surface area contributed by atoms with E-state index in [0.717, 1.165) is 19.3 Å². The molecule has 2 rings (SSSR count). The van der Waals surface area contributed by atoms with Crippen LogP contribution in [-0.4, -0.2) is 37.5 Å². The van der Waals surface area contributed by atoms with Crippen molar-refractivity contribution in [3.8, 4) is 0 Å². The van der Waals surface area contributed by atoms with Gasteiger partial charge in [0.25, 0.3) is 0 Å². The molecule has 4 atom stereocenters. The third-order valence-corrected chi connectivity index (χ3v) is 5.03. The Labute approximate surface area is 141 Å². The van der Waals surface area contributed by atoms with Crippen molar-refractivity contribution in [2.24, 2.45) is 0 Å². The highest BCUT2D eigenvalue weighted by Gasteiger charge is 2.47. The zero-order chi connectivity index (χ0) is 16.5. The van der Waals surface area contributed by atoms with E-state index < -0.39 is 0 Å². The van der Waals surface area contributed by atoms with Gasteiger partial charge in [-0.25, -0.2) is 0 Å². The van der Waals surface area contributed by atoms with Gasteiger partial charge in [0.05, 0.1) is 31.5 Å². The molecule has 2 heterocycles. The number of carbonyl (C=O) groups is 1. The van der Waals surface area contributed by atoms with Gasteiger partial charge in [0, 0.05) is 12.8 Å². The van der Waals surface area contributed by atoms with Gasteiger partial charge in [0.1, 0.15) is 0 Å². The lowest BCUT2D eigenvalue weighted by Gasteiger charge is -2.00. The Balaban J connectivity index is 1.35. The smallest absolute Gasteiger partial charge is 0.305 e. The number of unbranched alkanes of at least 4 members (excludes halogenated alkanes) is 6. The average molecular weight is 326 g/mol. The lowest BCUT2D eigenvalue weighted by Crippen LogP contribution is -2.02. The first-order chi connectivity index (χ1) is 11.2. The van der Waals surface area contributed by atoms with Crippen molar-refractivity contribution < 1.29 is 19.0 Å². The third-order valence-electron chi connectivity index (χ3n) is 5.03. The highest BCUT2D eigenvalue weighted by Crippen LogP contribution is 2.39. The van der Waals surface area contributed by atoms with Crippen molar-refractivity contribution in [3.05, 3.63) is 0 Å². The van der Waals surface area contributed by atoms with E-state index in [4.69, 9.17) is 9.47 Å². The number of esters is 1. The highest BCUT2D eigenvalue weighted by atomic mass is 16.6. The Morgan fingerprint density at radius 1 is 0.826 bits per heavy atom. The van der Waals surface area contributed by atoms with Crippen LogP contribution in [0, 0.1) is 0 Å². The SMILES string of the molecule is CCCCC[C@@H]1O[C@@H]1C[C@@H]1OC1CCCCCCCC(=O)OC. The van der Waals surface area contributed by atoms with Crippen LogP contribution in [0.25, 0.3) is 0 Å². The summed E-state index contributed by atoms with van der Waals surface area (Å²) in [6.45, 7) is 2.24. The van der Waals surface area contributed by atoms with E-state index in [1.165, 1.54) is 58.5 Å². The number of hydrogen-bond acceptors (Lipinski definition) is 4. The van der Waals surface area contributed by atoms with E-state index in [1.807, 2.05) is 0 Å². The summed E-state index contributed by atoms with van der Waals surface area (Å²) in [6.07, 6.45) is 15.8. The Hall–Kier alpha value is -0.610. The van der Waals surface area contributed by atoms with Crippen molar-refractivity contribution in [1.82, 2.24) is 0 Å². The minimum atomic E-state index is -0.0884. The number of rotatable bonds is 14. The summed E-state index contributed by atoms with van der Waals surface area (Å²) in [5.41, 5.74) is 0. The molecule has 0 aromatic carbocycles. The molecule has 0 aliphatic carbocycles. The molecule has 4 nitrogen and oxygen atoms in total. The summed E-state index contributed by atoms with van der Waals surface area (Å²) in [5, 5.41) is 0. The average Bonchev–Trinajstić information content (AvgIpc) is 3.46. The predicted molar refractivity (Wildman–Crippen MR) is 90.4 cm³/mol. The molecule has 2 aliphatic rings. The fourth-order valence-corrected chi connectivity index (χ4v) is 3.35. The maximum atomic E-state index is 11.0. The molecule has 4 heteroatoms. The van der Waals surface area contributed by atoms with Crippen molar-refractivity contribution in [2.75, 3.05) is 7.11 Å². The maximum Gasteiger partial charge on any atom is 0.305 e. The number of methoxy groups -OCH3 is 1. The van der Waals surface area contributed by atoms with Crippen molar-refractivity contribution in [1.29, 1.82) is 0 Å². The van der Waals surface area contributed by atoms with Gasteiger partial charge in [-0.3, -0.25) is 4.79 Å². The monoisotopic (exact) mass is 326 g/mol. The number of ether oxygens (including phenoxy) is 3. The number of carbonyl (C=O) groups excluding carboxylic acids is 1. The van der Waals surface area contributed by atoms with Gasteiger partial charge in [-0.05, 0) is 19.3 Å². The standard InChI is InChI=1S/C19H34O4/c1-3-4-8-11-15-17(22-15)14-18-16(23-18)12-9-6-5-7-10-13-19(20)21-2/h15-18H,3-14H2,1-2H3/t15-,16?,17+,18-/m0/s1. The van der Waals surface area contributed by atoms with E-state index in [0.29, 0.717) is 30.8 Å². The van der Waals surface area contributed by atoms with Gasteiger partial charge >= 0.3 is 5.97 Å². The fourth-order valence-electron chi connectivity index (χ4n) is 3.35. The minimum absolute atomic E-state index is 0.0884. The predicted octanol–water partition coefficient (Wildman–Crippen LogP) is 4.40. The molecular formula is C19H34O4. The molecule has 2 aliphatic heterocycles.